The molecule has 0 aliphatic carbocycles. The van der Waals surface area contributed by atoms with Crippen LogP contribution in [-0.2, 0) is 5.41 Å². The van der Waals surface area contributed by atoms with Crippen LogP contribution in [0.2, 0.25) is 0 Å². The largest absolute Gasteiger partial charge is 0.373 e. The van der Waals surface area contributed by atoms with Gasteiger partial charge in [0.2, 0.25) is 0 Å². The fraction of sp³-hybridized carbons (Fsp3) is 0.385. The second-order valence-corrected chi connectivity index (χ2v) is 6.92. The molecular weight excluding hydrogens is 310 g/mol. The van der Waals surface area contributed by atoms with Crippen molar-refractivity contribution in [3.8, 4) is 10.7 Å². The highest BCUT2D eigenvalue weighted by Gasteiger charge is 2.18. The first-order valence-corrected chi connectivity index (χ1v) is 7.39. The summed E-state index contributed by atoms with van der Waals surface area (Å²) >= 11 is 5.10. The Morgan fingerprint density at radius 3 is 2.44 bits per heavy atom. The molecule has 2 rings (SSSR count). The van der Waals surface area contributed by atoms with E-state index >= 15 is 0 Å². The molecule has 0 saturated carbocycles. The molecule has 96 valence electrons. The summed E-state index contributed by atoms with van der Waals surface area (Å²) in [6.07, 6.45) is 0. The van der Waals surface area contributed by atoms with E-state index in [4.69, 9.17) is 0 Å². The highest BCUT2D eigenvalue weighted by Crippen LogP contribution is 2.30. The molecule has 0 amide bonds. The van der Waals surface area contributed by atoms with E-state index in [9.17, 15) is 0 Å². The van der Waals surface area contributed by atoms with Gasteiger partial charge in [-0.25, -0.2) is 9.97 Å². The summed E-state index contributed by atoms with van der Waals surface area (Å²) in [5.41, 5.74) is 1.05. The molecule has 2 aromatic rings. The van der Waals surface area contributed by atoms with Crippen LogP contribution in [0.3, 0.4) is 0 Å². The lowest BCUT2D eigenvalue weighted by atomic mass is 9.92. The number of nitrogens with one attached hydrogen (secondary N) is 1. The Hall–Kier alpha value is -0.940. The standard InChI is InChI=1S/C13H16BrN3S/c1-13(2,3)10-6-11(15-4)17-12(16-10)9-5-8(14)7-18-9/h5-7H,1-4H3,(H,15,16,17). The van der Waals surface area contributed by atoms with Crippen molar-refractivity contribution in [3.63, 3.8) is 0 Å². The number of anilines is 1. The van der Waals surface area contributed by atoms with Crippen LogP contribution < -0.4 is 5.32 Å². The van der Waals surface area contributed by atoms with E-state index < -0.39 is 0 Å². The first kappa shape index (κ1) is 13.5. The molecule has 0 aromatic carbocycles. The Labute approximate surface area is 120 Å². The van der Waals surface area contributed by atoms with E-state index in [0.717, 1.165) is 26.7 Å². The van der Waals surface area contributed by atoms with Crippen LogP contribution in [0.1, 0.15) is 26.5 Å². The van der Waals surface area contributed by atoms with Crippen LogP contribution in [0.5, 0.6) is 0 Å². The SMILES string of the molecule is CNc1cc(C(C)(C)C)nc(-c2cc(Br)cs2)n1. The third-order valence-corrected chi connectivity index (χ3v) is 4.23. The Morgan fingerprint density at radius 2 is 1.94 bits per heavy atom. The zero-order chi connectivity index (χ0) is 13.3. The van der Waals surface area contributed by atoms with Crippen molar-refractivity contribution in [2.45, 2.75) is 26.2 Å². The van der Waals surface area contributed by atoms with E-state index in [1.807, 2.05) is 24.6 Å². The molecule has 0 atom stereocenters. The van der Waals surface area contributed by atoms with E-state index in [1.54, 1.807) is 11.3 Å². The minimum absolute atomic E-state index is 0.0117. The van der Waals surface area contributed by atoms with Crippen molar-refractivity contribution in [2.75, 3.05) is 12.4 Å². The lowest BCUT2D eigenvalue weighted by Crippen LogP contribution is -2.15. The monoisotopic (exact) mass is 325 g/mol. The maximum Gasteiger partial charge on any atom is 0.171 e. The molecule has 0 saturated heterocycles. The van der Waals surface area contributed by atoms with Crippen LogP contribution in [0, 0.1) is 0 Å². The first-order valence-electron chi connectivity index (χ1n) is 5.72. The first-order chi connectivity index (χ1) is 8.40. The number of thiophene rings is 1. The molecule has 1 N–H and O–H groups in total. The summed E-state index contributed by atoms with van der Waals surface area (Å²) in [5.74, 6) is 1.64. The molecule has 0 spiro atoms. The molecule has 0 radical (unpaired) electrons. The molecule has 18 heavy (non-hydrogen) atoms. The number of rotatable bonds is 2. The van der Waals surface area contributed by atoms with Crippen LogP contribution in [0.15, 0.2) is 22.0 Å². The number of nitrogens with zero attached hydrogens (tertiary/aromatic N) is 2. The number of hydrogen-bond acceptors (Lipinski definition) is 4. The van der Waals surface area contributed by atoms with E-state index in [-0.39, 0.29) is 5.41 Å². The summed E-state index contributed by atoms with van der Waals surface area (Å²) in [6.45, 7) is 6.47. The Kier molecular flexibility index (Phi) is 3.73. The lowest BCUT2D eigenvalue weighted by molar-refractivity contribution is 0.568. The summed E-state index contributed by atoms with van der Waals surface area (Å²) in [4.78, 5) is 10.3. The summed E-state index contributed by atoms with van der Waals surface area (Å²) < 4.78 is 1.07. The molecular formula is C13H16BrN3S. The van der Waals surface area contributed by atoms with Gasteiger partial charge in [0.1, 0.15) is 5.82 Å². The van der Waals surface area contributed by atoms with Gasteiger partial charge < -0.3 is 5.32 Å². The van der Waals surface area contributed by atoms with E-state index in [0.29, 0.717) is 0 Å². The highest BCUT2D eigenvalue weighted by atomic mass is 79.9. The molecule has 3 nitrogen and oxygen atoms in total. The summed E-state index contributed by atoms with van der Waals surface area (Å²) in [7, 11) is 1.88. The van der Waals surface area contributed by atoms with Crippen molar-refractivity contribution < 1.29 is 0 Å². The quantitative estimate of drug-likeness (QED) is 0.894. The normalized spacial score (nSPS) is 11.6. The van der Waals surface area contributed by atoms with E-state index in [2.05, 4.69) is 52.0 Å². The molecule has 0 fully saturated rings. The van der Waals surface area contributed by atoms with Crippen LogP contribution in [-0.4, -0.2) is 17.0 Å². The zero-order valence-electron chi connectivity index (χ0n) is 10.9. The average Bonchev–Trinajstić information content (AvgIpc) is 2.74. The van der Waals surface area contributed by atoms with Gasteiger partial charge in [-0.3, -0.25) is 0 Å². The second kappa shape index (κ2) is 4.97. The molecule has 0 bridgehead atoms. The summed E-state index contributed by atoms with van der Waals surface area (Å²) in [5, 5.41) is 5.14. The smallest absolute Gasteiger partial charge is 0.171 e. The minimum atomic E-state index is 0.0117. The number of hydrogen-bond donors (Lipinski definition) is 1. The maximum atomic E-state index is 4.67. The van der Waals surface area contributed by atoms with Gasteiger partial charge in [-0.1, -0.05) is 20.8 Å². The topological polar surface area (TPSA) is 37.8 Å². The number of aromatic nitrogens is 2. The van der Waals surface area contributed by atoms with Crippen LogP contribution >= 0.6 is 27.3 Å². The predicted molar refractivity (Wildman–Crippen MR) is 81.3 cm³/mol. The lowest BCUT2D eigenvalue weighted by Gasteiger charge is -2.19. The number of halogens is 1. The van der Waals surface area contributed by atoms with Crippen molar-refractivity contribution in [3.05, 3.63) is 27.7 Å². The fourth-order valence-electron chi connectivity index (χ4n) is 1.50. The highest BCUT2D eigenvalue weighted by molar-refractivity contribution is 9.10. The molecule has 0 unspecified atom stereocenters. The van der Waals surface area contributed by atoms with E-state index in [1.165, 1.54) is 0 Å². The molecule has 0 aliphatic rings. The molecule has 2 aromatic heterocycles. The van der Waals surface area contributed by atoms with Crippen LogP contribution in [0.25, 0.3) is 10.7 Å². The Bertz CT molecular complexity index is 558. The maximum absolute atomic E-state index is 4.67. The van der Waals surface area contributed by atoms with Crippen LogP contribution in [0.4, 0.5) is 5.82 Å². The van der Waals surface area contributed by atoms with Gasteiger partial charge in [0, 0.05) is 28.4 Å². The Balaban J connectivity index is 2.54. The van der Waals surface area contributed by atoms with Crippen molar-refractivity contribution in [2.24, 2.45) is 0 Å². The van der Waals surface area contributed by atoms with Crippen molar-refractivity contribution in [1.29, 1.82) is 0 Å². The second-order valence-electron chi connectivity index (χ2n) is 5.09. The van der Waals surface area contributed by atoms with Gasteiger partial charge in [0.05, 0.1) is 10.6 Å². The Morgan fingerprint density at radius 1 is 1.22 bits per heavy atom. The van der Waals surface area contributed by atoms with Gasteiger partial charge >= 0.3 is 0 Å². The van der Waals surface area contributed by atoms with Crippen molar-refractivity contribution >= 4 is 33.1 Å². The fourth-order valence-corrected chi connectivity index (χ4v) is 2.86. The molecule has 5 heteroatoms. The third-order valence-electron chi connectivity index (χ3n) is 2.54. The molecule has 2 heterocycles. The van der Waals surface area contributed by atoms with Gasteiger partial charge in [-0.05, 0) is 22.0 Å². The van der Waals surface area contributed by atoms with Crippen molar-refractivity contribution in [1.82, 2.24) is 9.97 Å². The van der Waals surface area contributed by atoms with Gasteiger partial charge in [-0.15, -0.1) is 11.3 Å². The predicted octanol–water partition coefficient (Wildman–Crippen LogP) is 4.31. The zero-order valence-corrected chi connectivity index (χ0v) is 13.3. The van der Waals surface area contributed by atoms with Gasteiger partial charge in [0.25, 0.3) is 0 Å². The average molecular weight is 326 g/mol. The van der Waals surface area contributed by atoms with Gasteiger partial charge in [0.15, 0.2) is 5.82 Å². The molecule has 0 aliphatic heterocycles. The summed E-state index contributed by atoms with van der Waals surface area (Å²) in [6, 6.07) is 4.05. The third kappa shape index (κ3) is 2.90. The van der Waals surface area contributed by atoms with Gasteiger partial charge in [-0.2, -0.15) is 0 Å². The minimum Gasteiger partial charge on any atom is -0.373 e.